The fraction of sp³-hybridized carbons (Fsp3) is 0.125. The number of pyridine rings is 1. The minimum absolute atomic E-state index is 0.365. The summed E-state index contributed by atoms with van der Waals surface area (Å²) in [5, 5.41) is 5.56. The van der Waals surface area contributed by atoms with Crippen molar-refractivity contribution in [1.82, 2.24) is 9.97 Å². The molecular weight excluding hydrogens is 266 g/mol. The predicted molar refractivity (Wildman–Crippen MR) is 81.2 cm³/mol. The lowest BCUT2D eigenvalue weighted by molar-refractivity contribution is 0.0594. The molecular formula is C16H15N3O2. The molecule has 0 unspecified atom stereocenters. The molecule has 0 saturated heterocycles. The summed E-state index contributed by atoms with van der Waals surface area (Å²) in [6.07, 6.45) is 3.62. The lowest BCUT2D eigenvalue weighted by Gasteiger charge is -2.08. The van der Waals surface area contributed by atoms with Gasteiger partial charge in [-0.15, -0.1) is 0 Å². The van der Waals surface area contributed by atoms with E-state index in [0.717, 1.165) is 22.2 Å². The molecule has 2 heterocycles. The zero-order chi connectivity index (χ0) is 14.7. The average molecular weight is 281 g/mol. The third-order valence-corrected chi connectivity index (χ3v) is 3.30. The summed E-state index contributed by atoms with van der Waals surface area (Å²) in [6, 6.07) is 11.6. The molecule has 0 amide bonds. The van der Waals surface area contributed by atoms with Crippen LogP contribution in [0, 0.1) is 0 Å². The average Bonchev–Trinajstić information content (AvgIpc) is 3.01. The monoisotopic (exact) mass is 281 g/mol. The van der Waals surface area contributed by atoms with Crippen molar-refractivity contribution in [2.75, 3.05) is 12.4 Å². The van der Waals surface area contributed by atoms with Gasteiger partial charge in [-0.3, -0.25) is 4.98 Å². The van der Waals surface area contributed by atoms with E-state index in [9.17, 15) is 4.79 Å². The van der Waals surface area contributed by atoms with Crippen molar-refractivity contribution in [3.8, 4) is 0 Å². The van der Waals surface area contributed by atoms with E-state index < -0.39 is 0 Å². The molecule has 0 bridgehead atoms. The van der Waals surface area contributed by atoms with E-state index >= 15 is 0 Å². The van der Waals surface area contributed by atoms with Crippen LogP contribution < -0.4 is 5.32 Å². The zero-order valence-corrected chi connectivity index (χ0v) is 11.6. The summed E-state index contributed by atoms with van der Waals surface area (Å²) in [5.74, 6) is -0.365. The van der Waals surface area contributed by atoms with E-state index in [0.29, 0.717) is 12.2 Å². The third-order valence-electron chi connectivity index (χ3n) is 3.30. The van der Waals surface area contributed by atoms with Gasteiger partial charge < -0.3 is 15.0 Å². The van der Waals surface area contributed by atoms with E-state index in [1.165, 1.54) is 7.11 Å². The molecule has 0 spiro atoms. The van der Waals surface area contributed by atoms with Crippen molar-refractivity contribution >= 4 is 22.4 Å². The van der Waals surface area contributed by atoms with E-state index in [2.05, 4.69) is 20.0 Å². The fourth-order valence-electron chi connectivity index (χ4n) is 2.23. The second kappa shape index (κ2) is 5.66. The standard InChI is InChI=1S/C16H15N3O2/c1-21-16(20)15-6-5-12(19-15)9-18-14-4-2-3-11-7-8-17-10-13(11)14/h2-8,10,18-19H,9H2,1H3. The Kier molecular flexibility index (Phi) is 3.55. The van der Waals surface area contributed by atoms with Crippen molar-refractivity contribution in [3.63, 3.8) is 0 Å². The number of aromatic nitrogens is 2. The SMILES string of the molecule is COC(=O)c1ccc(CNc2cccc3ccncc23)[nH]1. The molecule has 0 saturated carbocycles. The number of esters is 1. The number of hydrogen-bond acceptors (Lipinski definition) is 4. The minimum Gasteiger partial charge on any atom is -0.464 e. The number of aromatic amines is 1. The number of methoxy groups -OCH3 is 1. The molecule has 5 heteroatoms. The van der Waals surface area contributed by atoms with Crippen LogP contribution in [0.4, 0.5) is 5.69 Å². The Morgan fingerprint density at radius 2 is 2.19 bits per heavy atom. The van der Waals surface area contributed by atoms with Gasteiger partial charge in [0.1, 0.15) is 5.69 Å². The Labute approximate surface area is 122 Å². The highest BCUT2D eigenvalue weighted by Crippen LogP contribution is 2.22. The maximum Gasteiger partial charge on any atom is 0.354 e. The topological polar surface area (TPSA) is 67.0 Å². The number of fused-ring (bicyclic) bond motifs is 1. The molecule has 0 atom stereocenters. The second-order valence-electron chi connectivity index (χ2n) is 4.64. The Morgan fingerprint density at radius 1 is 1.29 bits per heavy atom. The van der Waals surface area contributed by atoms with E-state index in [-0.39, 0.29) is 5.97 Å². The van der Waals surface area contributed by atoms with Crippen LogP contribution in [0.3, 0.4) is 0 Å². The first-order valence-corrected chi connectivity index (χ1v) is 6.61. The van der Waals surface area contributed by atoms with Crippen LogP contribution in [0.1, 0.15) is 16.2 Å². The highest BCUT2D eigenvalue weighted by atomic mass is 16.5. The molecule has 2 N–H and O–H groups in total. The summed E-state index contributed by atoms with van der Waals surface area (Å²) in [7, 11) is 1.37. The molecule has 2 aromatic heterocycles. The lowest BCUT2D eigenvalue weighted by Crippen LogP contribution is -2.04. The molecule has 0 aliphatic heterocycles. The second-order valence-corrected chi connectivity index (χ2v) is 4.64. The van der Waals surface area contributed by atoms with Gasteiger partial charge in [-0.25, -0.2) is 4.79 Å². The fourth-order valence-corrected chi connectivity index (χ4v) is 2.23. The van der Waals surface area contributed by atoms with Gasteiger partial charge in [0.05, 0.1) is 13.7 Å². The van der Waals surface area contributed by atoms with Gasteiger partial charge in [0.2, 0.25) is 0 Å². The molecule has 21 heavy (non-hydrogen) atoms. The van der Waals surface area contributed by atoms with Crippen molar-refractivity contribution < 1.29 is 9.53 Å². The molecule has 3 rings (SSSR count). The molecule has 0 aliphatic carbocycles. The smallest absolute Gasteiger partial charge is 0.354 e. The van der Waals surface area contributed by atoms with E-state index in [4.69, 9.17) is 0 Å². The van der Waals surface area contributed by atoms with Crippen LogP contribution in [-0.2, 0) is 11.3 Å². The van der Waals surface area contributed by atoms with Gasteiger partial charge in [0.25, 0.3) is 0 Å². The number of benzene rings is 1. The maximum atomic E-state index is 11.4. The summed E-state index contributed by atoms with van der Waals surface area (Å²) in [4.78, 5) is 18.6. The molecule has 106 valence electrons. The molecule has 0 fully saturated rings. The molecule has 1 aromatic carbocycles. The largest absolute Gasteiger partial charge is 0.464 e. The number of nitrogens with one attached hydrogen (secondary N) is 2. The minimum atomic E-state index is -0.365. The molecule has 0 aliphatic rings. The van der Waals surface area contributed by atoms with Gasteiger partial charge >= 0.3 is 5.97 Å². The number of rotatable bonds is 4. The maximum absolute atomic E-state index is 11.4. The van der Waals surface area contributed by atoms with E-state index in [1.807, 2.05) is 36.5 Å². The summed E-state index contributed by atoms with van der Waals surface area (Å²) in [5.41, 5.74) is 2.37. The molecule has 5 nitrogen and oxygen atoms in total. The summed E-state index contributed by atoms with van der Waals surface area (Å²) < 4.78 is 4.67. The molecule has 3 aromatic rings. The lowest BCUT2D eigenvalue weighted by atomic mass is 10.1. The first-order valence-electron chi connectivity index (χ1n) is 6.61. The zero-order valence-electron chi connectivity index (χ0n) is 11.6. The Balaban J connectivity index is 1.77. The van der Waals surface area contributed by atoms with Crippen LogP contribution in [0.5, 0.6) is 0 Å². The number of H-pyrrole nitrogens is 1. The normalized spacial score (nSPS) is 10.5. The van der Waals surface area contributed by atoms with Gasteiger partial charge in [0.15, 0.2) is 0 Å². The van der Waals surface area contributed by atoms with Crippen LogP contribution in [0.25, 0.3) is 10.8 Å². The Morgan fingerprint density at radius 3 is 3.05 bits per heavy atom. The van der Waals surface area contributed by atoms with Gasteiger partial charge in [0, 0.05) is 29.2 Å². The molecule has 0 radical (unpaired) electrons. The van der Waals surface area contributed by atoms with Gasteiger partial charge in [-0.2, -0.15) is 0 Å². The Bertz CT molecular complexity index is 775. The third kappa shape index (κ3) is 2.72. The number of carbonyl (C=O) groups is 1. The van der Waals surface area contributed by atoms with E-state index in [1.54, 1.807) is 12.3 Å². The number of nitrogens with zero attached hydrogens (tertiary/aromatic N) is 1. The number of anilines is 1. The number of carbonyl (C=O) groups excluding carboxylic acids is 1. The van der Waals surface area contributed by atoms with Crippen molar-refractivity contribution in [3.05, 3.63) is 60.2 Å². The highest BCUT2D eigenvalue weighted by molar-refractivity contribution is 5.93. The highest BCUT2D eigenvalue weighted by Gasteiger charge is 2.08. The van der Waals surface area contributed by atoms with Crippen LogP contribution >= 0.6 is 0 Å². The van der Waals surface area contributed by atoms with Crippen LogP contribution in [0.2, 0.25) is 0 Å². The number of hydrogen-bond donors (Lipinski definition) is 2. The number of ether oxygens (including phenoxy) is 1. The first kappa shape index (κ1) is 13.2. The van der Waals surface area contributed by atoms with Gasteiger partial charge in [-0.1, -0.05) is 12.1 Å². The van der Waals surface area contributed by atoms with Crippen LogP contribution in [-0.4, -0.2) is 23.0 Å². The first-order chi connectivity index (χ1) is 10.3. The summed E-state index contributed by atoms with van der Waals surface area (Å²) in [6.45, 7) is 0.588. The van der Waals surface area contributed by atoms with Crippen LogP contribution in [0.15, 0.2) is 48.8 Å². The summed E-state index contributed by atoms with van der Waals surface area (Å²) >= 11 is 0. The predicted octanol–water partition coefficient (Wildman–Crippen LogP) is 2.96. The van der Waals surface area contributed by atoms with Gasteiger partial charge in [-0.05, 0) is 29.7 Å². The van der Waals surface area contributed by atoms with Crippen molar-refractivity contribution in [2.45, 2.75) is 6.54 Å². The van der Waals surface area contributed by atoms with Crippen molar-refractivity contribution in [1.29, 1.82) is 0 Å². The quantitative estimate of drug-likeness (QED) is 0.721. The van der Waals surface area contributed by atoms with Crippen molar-refractivity contribution in [2.24, 2.45) is 0 Å². The Hall–Kier alpha value is -2.82.